The van der Waals surface area contributed by atoms with E-state index in [-0.39, 0.29) is 5.56 Å². The van der Waals surface area contributed by atoms with Gasteiger partial charge in [0, 0.05) is 15.8 Å². The van der Waals surface area contributed by atoms with Crippen molar-refractivity contribution < 1.29 is 9.18 Å². The van der Waals surface area contributed by atoms with E-state index in [1.807, 2.05) is 0 Å². The van der Waals surface area contributed by atoms with E-state index in [2.05, 4.69) is 21.2 Å². The molecule has 0 heterocycles. The molecule has 0 unspecified atom stereocenters. The van der Waals surface area contributed by atoms with Gasteiger partial charge in [-0.25, -0.2) is 4.39 Å². The number of anilines is 2. The van der Waals surface area contributed by atoms with E-state index in [1.54, 1.807) is 25.1 Å². The van der Waals surface area contributed by atoms with Gasteiger partial charge in [-0.1, -0.05) is 11.6 Å². The van der Waals surface area contributed by atoms with Crippen molar-refractivity contribution in [2.24, 2.45) is 0 Å². The van der Waals surface area contributed by atoms with E-state index in [1.165, 1.54) is 12.1 Å². The minimum absolute atomic E-state index is 0.0893. The SMILES string of the molecule is Cc1cc(N)cc(C(=O)Nc2ccc(Cl)c(Br)c2)c1F. The summed E-state index contributed by atoms with van der Waals surface area (Å²) < 4.78 is 14.6. The normalized spacial score (nSPS) is 10.4. The van der Waals surface area contributed by atoms with Gasteiger partial charge >= 0.3 is 0 Å². The lowest BCUT2D eigenvalue weighted by Crippen LogP contribution is -2.15. The molecule has 3 N–H and O–H groups in total. The molecule has 104 valence electrons. The third kappa shape index (κ3) is 3.11. The first-order valence-electron chi connectivity index (χ1n) is 5.70. The Balaban J connectivity index is 2.30. The first kappa shape index (κ1) is 14.8. The van der Waals surface area contributed by atoms with Gasteiger partial charge in [-0.05, 0) is 58.7 Å². The molecule has 0 aliphatic heterocycles. The number of hydrogen-bond acceptors (Lipinski definition) is 2. The highest BCUT2D eigenvalue weighted by molar-refractivity contribution is 9.10. The number of halogens is 3. The van der Waals surface area contributed by atoms with E-state index < -0.39 is 11.7 Å². The van der Waals surface area contributed by atoms with Crippen LogP contribution < -0.4 is 11.1 Å². The molecule has 0 saturated heterocycles. The zero-order valence-corrected chi connectivity index (χ0v) is 12.8. The molecular weight excluding hydrogens is 347 g/mol. The zero-order chi connectivity index (χ0) is 14.9. The van der Waals surface area contributed by atoms with E-state index in [9.17, 15) is 9.18 Å². The molecule has 0 aromatic heterocycles. The summed E-state index contributed by atoms with van der Waals surface area (Å²) in [7, 11) is 0. The molecule has 0 aliphatic carbocycles. The summed E-state index contributed by atoms with van der Waals surface area (Å²) in [5.41, 5.74) is 6.71. The summed E-state index contributed by atoms with van der Waals surface area (Å²) in [4.78, 5) is 12.1. The third-order valence-corrected chi connectivity index (χ3v) is 3.91. The molecule has 0 aliphatic rings. The minimum atomic E-state index is -0.579. The van der Waals surface area contributed by atoms with Crippen LogP contribution in [0.5, 0.6) is 0 Å². The maximum atomic E-state index is 13.9. The quantitative estimate of drug-likeness (QED) is 0.783. The fraction of sp³-hybridized carbons (Fsp3) is 0.0714. The zero-order valence-electron chi connectivity index (χ0n) is 10.5. The van der Waals surface area contributed by atoms with Gasteiger partial charge in [-0.3, -0.25) is 4.79 Å². The van der Waals surface area contributed by atoms with Crippen molar-refractivity contribution in [1.29, 1.82) is 0 Å². The second kappa shape index (κ2) is 5.81. The van der Waals surface area contributed by atoms with Crippen molar-refractivity contribution >= 4 is 44.8 Å². The summed E-state index contributed by atoms with van der Waals surface area (Å²) in [5.74, 6) is -1.14. The number of carbonyl (C=O) groups excluding carboxylic acids is 1. The average Bonchev–Trinajstić information content (AvgIpc) is 2.38. The molecule has 0 saturated carbocycles. The van der Waals surface area contributed by atoms with Gasteiger partial charge in [-0.15, -0.1) is 0 Å². The predicted octanol–water partition coefficient (Wildman–Crippen LogP) is 4.38. The van der Waals surface area contributed by atoms with Gasteiger partial charge in [0.15, 0.2) is 0 Å². The predicted molar refractivity (Wildman–Crippen MR) is 82.7 cm³/mol. The van der Waals surface area contributed by atoms with Crippen molar-refractivity contribution in [2.75, 3.05) is 11.1 Å². The molecule has 2 aromatic rings. The molecule has 0 fully saturated rings. The van der Waals surface area contributed by atoms with Crippen molar-refractivity contribution in [3.05, 3.63) is 56.8 Å². The Labute approximate surface area is 129 Å². The van der Waals surface area contributed by atoms with Gasteiger partial charge in [0.1, 0.15) is 5.82 Å². The number of benzene rings is 2. The average molecular weight is 358 g/mol. The van der Waals surface area contributed by atoms with Crippen LogP contribution in [0, 0.1) is 12.7 Å². The molecule has 0 bridgehead atoms. The second-order valence-electron chi connectivity index (χ2n) is 4.28. The van der Waals surface area contributed by atoms with Crippen LogP contribution >= 0.6 is 27.5 Å². The Morgan fingerprint density at radius 3 is 2.70 bits per heavy atom. The standard InChI is InChI=1S/C14H11BrClFN2O/c1-7-4-8(18)5-10(13(7)17)14(20)19-9-2-3-12(16)11(15)6-9/h2-6H,18H2,1H3,(H,19,20). The Kier molecular flexibility index (Phi) is 4.30. The third-order valence-electron chi connectivity index (χ3n) is 2.70. The van der Waals surface area contributed by atoms with Crippen LogP contribution in [0.1, 0.15) is 15.9 Å². The van der Waals surface area contributed by atoms with Gasteiger partial charge in [0.05, 0.1) is 10.6 Å². The highest BCUT2D eigenvalue weighted by Crippen LogP contribution is 2.26. The monoisotopic (exact) mass is 356 g/mol. The number of nitrogens with two attached hydrogens (primary N) is 1. The summed E-state index contributed by atoms with van der Waals surface area (Å²) in [5, 5.41) is 3.12. The number of aryl methyl sites for hydroxylation is 1. The number of carbonyl (C=O) groups is 1. The van der Waals surface area contributed by atoms with Crippen molar-refractivity contribution in [2.45, 2.75) is 6.92 Å². The molecule has 0 spiro atoms. The molecule has 6 heteroatoms. The molecule has 0 atom stereocenters. The van der Waals surface area contributed by atoms with Crippen LogP contribution in [-0.2, 0) is 0 Å². The maximum Gasteiger partial charge on any atom is 0.258 e. The number of nitrogens with one attached hydrogen (secondary N) is 1. The first-order valence-corrected chi connectivity index (χ1v) is 6.87. The van der Waals surface area contributed by atoms with Crippen LogP contribution in [0.15, 0.2) is 34.8 Å². The molecule has 2 aromatic carbocycles. The van der Waals surface area contributed by atoms with Crippen LogP contribution in [-0.4, -0.2) is 5.91 Å². The largest absolute Gasteiger partial charge is 0.399 e. The summed E-state index contributed by atoms with van der Waals surface area (Å²) >= 11 is 9.12. The number of amides is 1. The Bertz CT molecular complexity index is 691. The fourth-order valence-corrected chi connectivity index (χ4v) is 2.23. The van der Waals surface area contributed by atoms with Crippen LogP contribution in [0.25, 0.3) is 0 Å². The van der Waals surface area contributed by atoms with E-state index in [0.29, 0.717) is 26.4 Å². The van der Waals surface area contributed by atoms with Crippen molar-refractivity contribution in [3.63, 3.8) is 0 Å². The first-order chi connectivity index (χ1) is 9.38. The minimum Gasteiger partial charge on any atom is -0.399 e. The number of hydrogen-bond donors (Lipinski definition) is 2. The van der Waals surface area contributed by atoms with Gasteiger partial charge in [0.2, 0.25) is 0 Å². The smallest absolute Gasteiger partial charge is 0.258 e. The van der Waals surface area contributed by atoms with E-state index >= 15 is 0 Å². The summed E-state index contributed by atoms with van der Waals surface area (Å²) in [6.45, 7) is 1.56. The fourth-order valence-electron chi connectivity index (χ4n) is 1.74. The molecule has 1 amide bonds. The lowest BCUT2D eigenvalue weighted by molar-refractivity contribution is 0.102. The lowest BCUT2D eigenvalue weighted by Gasteiger charge is -2.09. The Hall–Kier alpha value is -1.59. The Morgan fingerprint density at radius 1 is 1.35 bits per heavy atom. The summed E-state index contributed by atoms with van der Waals surface area (Å²) in [6.07, 6.45) is 0. The summed E-state index contributed by atoms with van der Waals surface area (Å²) in [6, 6.07) is 7.68. The highest BCUT2D eigenvalue weighted by Gasteiger charge is 2.15. The van der Waals surface area contributed by atoms with Crippen molar-refractivity contribution in [1.82, 2.24) is 0 Å². The molecule has 3 nitrogen and oxygen atoms in total. The second-order valence-corrected chi connectivity index (χ2v) is 5.54. The molecular formula is C14H11BrClFN2O. The highest BCUT2D eigenvalue weighted by atomic mass is 79.9. The van der Waals surface area contributed by atoms with Gasteiger partial charge < -0.3 is 11.1 Å². The van der Waals surface area contributed by atoms with E-state index in [4.69, 9.17) is 17.3 Å². The maximum absolute atomic E-state index is 13.9. The van der Waals surface area contributed by atoms with Crippen LogP contribution in [0.4, 0.5) is 15.8 Å². The van der Waals surface area contributed by atoms with E-state index in [0.717, 1.165) is 0 Å². The number of nitrogen functional groups attached to an aromatic ring is 1. The molecule has 0 radical (unpaired) electrons. The van der Waals surface area contributed by atoms with Gasteiger partial charge in [-0.2, -0.15) is 0 Å². The van der Waals surface area contributed by atoms with Crippen LogP contribution in [0.3, 0.4) is 0 Å². The van der Waals surface area contributed by atoms with Gasteiger partial charge in [0.25, 0.3) is 5.91 Å². The topological polar surface area (TPSA) is 55.1 Å². The molecule has 20 heavy (non-hydrogen) atoms. The number of rotatable bonds is 2. The van der Waals surface area contributed by atoms with Crippen molar-refractivity contribution in [3.8, 4) is 0 Å². The molecule has 2 rings (SSSR count). The Morgan fingerprint density at radius 2 is 2.05 bits per heavy atom. The van der Waals surface area contributed by atoms with Crippen LogP contribution in [0.2, 0.25) is 5.02 Å². The lowest BCUT2D eigenvalue weighted by atomic mass is 10.1.